The molecule has 1 aliphatic carbocycles. The molecule has 0 N–H and O–H groups in total. The molecule has 1 nitrogen and oxygen atoms in total. The summed E-state index contributed by atoms with van der Waals surface area (Å²) in [6.07, 6.45) is -0.426. The van der Waals surface area contributed by atoms with Crippen LogP contribution in [-0.4, -0.2) is 22.5 Å². The van der Waals surface area contributed by atoms with Gasteiger partial charge >= 0.3 is 0 Å². The lowest BCUT2D eigenvalue weighted by Crippen LogP contribution is -2.17. The first-order valence-electron chi connectivity index (χ1n) is 3.15. The first-order chi connectivity index (χ1) is 4.68. The van der Waals surface area contributed by atoms with Crippen molar-refractivity contribution in [3.05, 3.63) is 5.92 Å². The molecule has 1 rings (SSSR count). The first kappa shape index (κ1) is 8.27. The predicted molar refractivity (Wildman–Crippen MR) is 36.4 cm³/mol. The molecular weight excluding hydrogens is 158 g/mol. The Morgan fingerprint density at radius 1 is 1.50 bits per heavy atom. The maximum absolute atomic E-state index is 11.6. The molecule has 0 saturated heterocycles. The summed E-state index contributed by atoms with van der Waals surface area (Å²) >= 11 is -1.30. The van der Waals surface area contributed by atoms with E-state index in [1.165, 1.54) is 5.92 Å². The number of rotatable bonds is 4. The fourth-order valence-corrected chi connectivity index (χ4v) is 1.80. The Morgan fingerprint density at radius 3 is 2.50 bits per heavy atom. The van der Waals surface area contributed by atoms with Crippen LogP contribution >= 0.6 is 0 Å². The Labute approximate surface area is 62.0 Å². The van der Waals surface area contributed by atoms with E-state index in [1.807, 2.05) is 0 Å². The largest absolute Gasteiger partial charge is 0.616 e. The molecule has 1 saturated carbocycles. The van der Waals surface area contributed by atoms with E-state index in [0.717, 1.165) is 12.8 Å². The van der Waals surface area contributed by atoms with Gasteiger partial charge in [-0.3, -0.25) is 0 Å². The van der Waals surface area contributed by atoms with Crippen LogP contribution < -0.4 is 0 Å². The van der Waals surface area contributed by atoms with Crippen molar-refractivity contribution >= 4 is 11.2 Å². The second kappa shape index (κ2) is 3.53. The van der Waals surface area contributed by atoms with Crippen molar-refractivity contribution in [3.8, 4) is 0 Å². The molecule has 0 aromatic carbocycles. The number of hydrogen-bond acceptors (Lipinski definition) is 1. The van der Waals surface area contributed by atoms with Gasteiger partial charge in [0.25, 0.3) is 6.43 Å². The fraction of sp³-hybridized carbons (Fsp3) is 0.833. The summed E-state index contributed by atoms with van der Waals surface area (Å²) in [6.45, 7) is 0. The van der Waals surface area contributed by atoms with Crippen molar-refractivity contribution in [2.45, 2.75) is 19.3 Å². The highest BCUT2D eigenvalue weighted by Crippen LogP contribution is 2.33. The van der Waals surface area contributed by atoms with Crippen LogP contribution in [0.1, 0.15) is 12.8 Å². The molecule has 0 heterocycles. The number of hydrogen-bond donors (Lipinski definition) is 0. The van der Waals surface area contributed by atoms with E-state index in [9.17, 15) is 13.3 Å². The third-order valence-electron chi connectivity index (χ3n) is 1.28. The van der Waals surface area contributed by atoms with Crippen LogP contribution in [0.4, 0.5) is 8.78 Å². The smallest absolute Gasteiger partial charge is 0.282 e. The lowest BCUT2D eigenvalue weighted by Gasteiger charge is -2.08. The summed E-state index contributed by atoms with van der Waals surface area (Å²) in [5, 5.41) is 0. The molecule has 1 atom stereocenters. The second-order valence-electron chi connectivity index (χ2n) is 2.39. The van der Waals surface area contributed by atoms with Gasteiger partial charge in [0.15, 0.2) is 5.75 Å². The van der Waals surface area contributed by atoms with Gasteiger partial charge in [-0.15, -0.1) is 0 Å². The maximum Gasteiger partial charge on any atom is 0.282 e. The molecule has 1 radical (unpaired) electrons. The van der Waals surface area contributed by atoms with Crippen LogP contribution in [0.5, 0.6) is 0 Å². The van der Waals surface area contributed by atoms with Crippen molar-refractivity contribution in [2.24, 2.45) is 0 Å². The van der Waals surface area contributed by atoms with Gasteiger partial charge in [-0.2, -0.15) is 0 Å². The summed E-state index contributed by atoms with van der Waals surface area (Å²) in [7, 11) is 0. The minimum atomic E-state index is -2.42. The average molecular weight is 167 g/mol. The molecule has 1 aliphatic rings. The quantitative estimate of drug-likeness (QED) is 0.580. The number of halogens is 2. The molecular formula is C6H9F2OS. The molecule has 0 aromatic heterocycles. The van der Waals surface area contributed by atoms with Gasteiger partial charge in [-0.05, 0) is 24.0 Å². The summed E-state index contributed by atoms with van der Waals surface area (Å²) in [6, 6.07) is 0. The van der Waals surface area contributed by atoms with E-state index >= 15 is 0 Å². The van der Waals surface area contributed by atoms with Crippen molar-refractivity contribution in [3.63, 3.8) is 0 Å². The minimum absolute atomic E-state index is 0.407. The second-order valence-corrected chi connectivity index (χ2v) is 3.89. The zero-order chi connectivity index (χ0) is 7.56. The Bertz CT molecular complexity index is 102. The Kier molecular flexibility index (Phi) is 2.92. The van der Waals surface area contributed by atoms with Crippen molar-refractivity contribution in [2.75, 3.05) is 11.5 Å². The minimum Gasteiger partial charge on any atom is -0.616 e. The van der Waals surface area contributed by atoms with Gasteiger partial charge in [-0.1, -0.05) is 0 Å². The van der Waals surface area contributed by atoms with E-state index in [0.29, 0.717) is 5.75 Å². The Hall–Kier alpha value is 0.170. The lowest BCUT2D eigenvalue weighted by atomic mass is 10.5. The zero-order valence-electron chi connectivity index (χ0n) is 5.48. The van der Waals surface area contributed by atoms with E-state index in [2.05, 4.69) is 0 Å². The summed E-state index contributed by atoms with van der Waals surface area (Å²) in [5.41, 5.74) is 0. The monoisotopic (exact) mass is 167 g/mol. The van der Waals surface area contributed by atoms with E-state index in [4.69, 9.17) is 0 Å². The summed E-state index contributed by atoms with van der Waals surface area (Å²) in [4.78, 5) is 0. The van der Waals surface area contributed by atoms with E-state index in [1.54, 1.807) is 0 Å². The summed E-state index contributed by atoms with van der Waals surface area (Å²) < 4.78 is 33.8. The zero-order valence-corrected chi connectivity index (χ0v) is 6.29. The van der Waals surface area contributed by atoms with E-state index in [-0.39, 0.29) is 0 Å². The molecule has 0 aromatic rings. The van der Waals surface area contributed by atoms with Crippen LogP contribution in [0, 0.1) is 5.92 Å². The van der Waals surface area contributed by atoms with Crippen molar-refractivity contribution in [1.82, 2.24) is 0 Å². The van der Waals surface area contributed by atoms with Crippen LogP contribution in [0.25, 0.3) is 0 Å². The van der Waals surface area contributed by atoms with Crippen molar-refractivity contribution < 1.29 is 13.3 Å². The van der Waals surface area contributed by atoms with Gasteiger partial charge in [0.1, 0.15) is 5.75 Å². The van der Waals surface area contributed by atoms with Gasteiger partial charge in [0, 0.05) is 5.92 Å². The van der Waals surface area contributed by atoms with Gasteiger partial charge in [-0.25, -0.2) is 8.78 Å². The third-order valence-corrected chi connectivity index (χ3v) is 2.63. The molecule has 0 amide bonds. The molecule has 1 unspecified atom stereocenters. The topological polar surface area (TPSA) is 23.1 Å². The van der Waals surface area contributed by atoms with Crippen LogP contribution in [0.2, 0.25) is 0 Å². The predicted octanol–water partition coefficient (Wildman–Crippen LogP) is 1.37. The highest BCUT2D eigenvalue weighted by atomic mass is 32.2. The van der Waals surface area contributed by atoms with Crippen molar-refractivity contribution in [1.29, 1.82) is 0 Å². The number of alkyl halides is 2. The lowest BCUT2D eigenvalue weighted by molar-refractivity contribution is 0.174. The maximum atomic E-state index is 11.6. The molecule has 0 bridgehead atoms. The van der Waals surface area contributed by atoms with Crippen LogP contribution in [0.15, 0.2) is 0 Å². The van der Waals surface area contributed by atoms with Crippen LogP contribution in [0.3, 0.4) is 0 Å². The Balaban J connectivity index is 2.02. The fourth-order valence-electron chi connectivity index (χ4n) is 0.660. The molecule has 1 fully saturated rings. The first-order valence-corrected chi connectivity index (χ1v) is 4.64. The molecule has 59 valence electrons. The van der Waals surface area contributed by atoms with E-state index < -0.39 is 23.4 Å². The summed E-state index contributed by atoms with van der Waals surface area (Å²) in [5.74, 6) is 1.13. The molecule has 4 heteroatoms. The molecule has 0 aliphatic heterocycles. The highest BCUT2D eigenvalue weighted by Gasteiger charge is 2.29. The SMILES string of the molecule is [O-][S+](C[C]1CC1)CC(F)F. The molecule has 0 spiro atoms. The van der Waals surface area contributed by atoms with Gasteiger partial charge in [0.05, 0.1) is 0 Å². The normalized spacial score (nSPS) is 21.6. The standard InChI is InChI=1S/C6H9F2OS/c7-6(8)4-10(9)3-5-1-2-5/h6H,1-4H2. The average Bonchev–Trinajstić information content (AvgIpc) is 2.46. The third kappa shape index (κ3) is 3.37. The highest BCUT2D eigenvalue weighted by molar-refractivity contribution is 7.91. The Morgan fingerprint density at radius 2 is 2.10 bits per heavy atom. The van der Waals surface area contributed by atoms with Gasteiger partial charge < -0.3 is 4.55 Å². The molecule has 10 heavy (non-hydrogen) atoms. The van der Waals surface area contributed by atoms with Crippen LogP contribution in [-0.2, 0) is 11.2 Å². The van der Waals surface area contributed by atoms with Gasteiger partial charge in [0.2, 0.25) is 0 Å².